The standard InChI is InChI=1S/C9H12N4O2S2/c10-6-7-8(11)12-16-9(7)13-2-1-4-17(14,15)5-3-13/h1-5H2,(H2,11,12). The van der Waals surface area contributed by atoms with E-state index in [0.29, 0.717) is 30.1 Å². The van der Waals surface area contributed by atoms with E-state index in [9.17, 15) is 8.42 Å². The lowest BCUT2D eigenvalue weighted by atomic mass is 10.3. The number of hydrogen-bond acceptors (Lipinski definition) is 7. The van der Waals surface area contributed by atoms with Gasteiger partial charge < -0.3 is 10.6 Å². The Labute approximate surface area is 104 Å². The molecule has 0 atom stereocenters. The molecule has 6 nitrogen and oxygen atoms in total. The predicted octanol–water partition coefficient (Wildman–Crippen LogP) is 0.222. The number of nitrogens with two attached hydrogens (primary N) is 1. The summed E-state index contributed by atoms with van der Waals surface area (Å²) in [7, 11) is -2.94. The number of rotatable bonds is 1. The summed E-state index contributed by atoms with van der Waals surface area (Å²) in [4.78, 5) is 1.89. The molecule has 1 aromatic rings. The second-order valence-electron chi connectivity index (χ2n) is 3.85. The topological polar surface area (TPSA) is 100 Å². The SMILES string of the molecule is N#Cc1c(N)nsc1N1CCCS(=O)(=O)CC1. The van der Waals surface area contributed by atoms with Crippen molar-refractivity contribution in [3.05, 3.63) is 5.56 Å². The van der Waals surface area contributed by atoms with Gasteiger partial charge in [-0.2, -0.15) is 9.64 Å². The zero-order valence-corrected chi connectivity index (χ0v) is 10.7. The van der Waals surface area contributed by atoms with Gasteiger partial charge >= 0.3 is 0 Å². The molecule has 0 saturated carbocycles. The fourth-order valence-electron chi connectivity index (χ4n) is 1.76. The normalized spacial score (nSPS) is 19.6. The summed E-state index contributed by atoms with van der Waals surface area (Å²) in [5.74, 6) is 0.551. The lowest BCUT2D eigenvalue weighted by molar-refractivity contribution is 0.597. The summed E-state index contributed by atoms with van der Waals surface area (Å²) in [5, 5.41) is 9.67. The zero-order chi connectivity index (χ0) is 12.5. The molecule has 0 aliphatic carbocycles. The van der Waals surface area contributed by atoms with E-state index in [4.69, 9.17) is 11.0 Å². The van der Waals surface area contributed by atoms with Crippen LogP contribution in [0.15, 0.2) is 0 Å². The third kappa shape index (κ3) is 2.50. The molecule has 2 heterocycles. The molecule has 8 heteroatoms. The molecule has 0 radical (unpaired) electrons. The Hall–Kier alpha value is -1.33. The van der Waals surface area contributed by atoms with Crippen molar-refractivity contribution in [1.82, 2.24) is 4.37 Å². The molecule has 17 heavy (non-hydrogen) atoms. The molecule has 0 spiro atoms. The van der Waals surface area contributed by atoms with Gasteiger partial charge in [0.1, 0.15) is 16.6 Å². The highest BCUT2D eigenvalue weighted by molar-refractivity contribution is 7.91. The van der Waals surface area contributed by atoms with E-state index in [2.05, 4.69) is 4.37 Å². The highest BCUT2D eigenvalue weighted by Gasteiger charge is 2.23. The first-order valence-corrected chi connectivity index (χ1v) is 7.73. The van der Waals surface area contributed by atoms with Crippen molar-refractivity contribution < 1.29 is 8.42 Å². The van der Waals surface area contributed by atoms with Gasteiger partial charge in [0, 0.05) is 13.1 Å². The van der Waals surface area contributed by atoms with Crippen LogP contribution in [-0.4, -0.2) is 37.4 Å². The van der Waals surface area contributed by atoms with Crippen LogP contribution in [0, 0.1) is 11.3 Å². The van der Waals surface area contributed by atoms with Crippen LogP contribution in [0.2, 0.25) is 0 Å². The Morgan fingerprint density at radius 2 is 2.18 bits per heavy atom. The van der Waals surface area contributed by atoms with Gasteiger partial charge in [-0.25, -0.2) is 8.42 Å². The van der Waals surface area contributed by atoms with E-state index in [1.807, 2.05) is 11.0 Å². The van der Waals surface area contributed by atoms with Crippen LogP contribution in [0.3, 0.4) is 0 Å². The minimum Gasteiger partial charge on any atom is -0.382 e. The molecule has 1 aromatic heterocycles. The number of sulfone groups is 1. The average Bonchev–Trinajstić information content (AvgIpc) is 2.54. The summed E-state index contributed by atoms with van der Waals surface area (Å²) in [6, 6.07) is 2.01. The first-order valence-electron chi connectivity index (χ1n) is 5.14. The van der Waals surface area contributed by atoms with Gasteiger partial charge in [-0.3, -0.25) is 0 Å². The maximum absolute atomic E-state index is 11.5. The fraction of sp³-hybridized carbons (Fsp3) is 0.556. The Bertz CT molecular complexity index is 558. The van der Waals surface area contributed by atoms with E-state index in [-0.39, 0.29) is 17.3 Å². The van der Waals surface area contributed by atoms with E-state index in [1.165, 1.54) is 0 Å². The van der Waals surface area contributed by atoms with E-state index >= 15 is 0 Å². The van der Waals surface area contributed by atoms with Crippen molar-refractivity contribution in [2.45, 2.75) is 6.42 Å². The summed E-state index contributed by atoms with van der Waals surface area (Å²) in [6.45, 7) is 1.02. The molecule has 2 N–H and O–H groups in total. The van der Waals surface area contributed by atoms with Gasteiger partial charge in [-0.05, 0) is 18.0 Å². The molecule has 1 aliphatic heterocycles. The summed E-state index contributed by atoms with van der Waals surface area (Å²) in [5.41, 5.74) is 5.94. The summed E-state index contributed by atoms with van der Waals surface area (Å²) < 4.78 is 26.9. The Morgan fingerprint density at radius 3 is 2.88 bits per heavy atom. The Kier molecular flexibility index (Phi) is 3.22. The van der Waals surface area contributed by atoms with Gasteiger partial charge in [-0.1, -0.05) is 0 Å². The molecule has 1 saturated heterocycles. The van der Waals surface area contributed by atoms with Gasteiger partial charge in [-0.15, -0.1) is 0 Å². The van der Waals surface area contributed by atoms with Crippen molar-refractivity contribution in [3.63, 3.8) is 0 Å². The van der Waals surface area contributed by atoms with Crippen LogP contribution >= 0.6 is 11.5 Å². The van der Waals surface area contributed by atoms with Crippen LogP contribution in [0.5, 0.6) is 0 Å². The van der Waals surface area contributed by atoms with Crippen LogP contribution in [-0.2, 0) is 9.84 Å². The smallest absolute Gasteiger partial charge is 0.157 e. The monoisotopic (exact) mass is 272 g/mol. The third-order valence-electron chi connectivity index (χ3n) is 2.66. The lowest BCUT2D eigenvalue weighted by Crippen LogP contribution is -2.26. The molecule has 1 fully saturated rings. The minimum atomic E-state index is -2.94. The molecule has 1 aliphatic rings. The number of nitrogens with zero attached hydrogens (tertiary/aromatic N) is 3. The van der Waals surface area contributed by atoms with E-state index < -0.39 is 9.84 Å². The average molecular weight is 272 g/mol. The van der Waals surface area contributed by atoms with Crippen molar-refractivity contribution >= 4 is 32.2 Å². The van der Waals surface area contributed by atoms with Gasteiger partial charge in [0.05, 0.1) is 11.5 Å². The number of hydrogen-bond donors (Lipinski definition) is 1. The van der Waals surface area contributed by atoms with Gasteiger partial charge in [0.2, 0.25) is 0 Å². The number of aromatic nitrogens is 1. The first-order chi connectivity index (χ1) is 8.03. The van der Waals surface area contributed by atoms with Crippen molar-refractivity contribution in [2.75, 3.05) is 35.2 Å². The van der Waals surface area contributed by atoms with Crippen LogP contribution in [0.1, 0.15) is 12.0 Å². The van der Waals surface area contributed by atoms with Crippen molar-refractivity contribution in [1.29, 1.82) is 5.26 Å². The molecule has 0 aromatic carbocycles. The molecule has 0 amide bonds. The third-order valence-corrected chi connectivity index (χ3v) is 5.29. The number of nitrogen functional groups attached to an aromatic ring is 1. The highest BCUT2D eigenvalue weighted by atomic mass is 32.2. The maximum atomic E-state index is 11.5. The number of nitriles is 1. The predicted molar refractivity (Wildman–Crippen MR) is 66.7 cm³/mol. The minimum absolute atomic E-state index is 0.121. The largest absolute Gasteiger partial charge is 0.382 e. The highest BCUT2D eigenvalue weighted by Crippen LogP contribution is 2.30. The van der Waals surface area contributed by atoms with E-state index in [0.717, 1.165) is 11.5 Å². The van der Waals surface area contributed by atoms with Crippen LogP contribution < -0.4 is 10.6 Å². The molecular formula is C9H12N4O2S2. The quantitative estimate of drug-likeness (QED) is 0.785. The Balaban J connectivity index is 2.26. The molecule has 0 bridgehead atoms. The summed E-state index contributed by atoms with van der Waals surface area (Å²) >= 11 is 1.15. The van der Waals surface area contributed by atoms with Gasteiger partial charge in [0.15, 0.2) is 15.7 Å². The summed E-state index contributed by atoms with van der Waals surface area (Å²) in [6.07, 6.45) is 0.574. The molecule has 92 valence electrons. The molecule has 2 rings (SSSR count). The molecular weight excluding hydrogens is 260 g/mol. The van der Waals surface area contributed by atoms with Crippen molar-refractivity contribution in [2.24, 2.45) is 0 Å². The second kappa shape index (κ2) is 4.50. The molecule has 0 unspecified atom stereocenters. The van der Waals surface area contributed by atoms with Crippen molar-refractivity contribution in [3.8, 4) is 6.07 Å². The fourth-order valence-corrected chi connectivity index (χ4v) is 3.84. The second-order valence-corrected chi connectivity index (χ2v) is 6.91. The van der Waals surface area contributed by atoms with E-state index in [1.54, 1.807) is 0 Å². The maximum Gasteiger partial charge on any atom is 0.157 e. The Morgan fingerprint density at radius 1 is 1.41 bits per heavy atom. The lowest BCUT2D eigenvalue weighted by Gasteiger charge is -2.19. The van der Waals surface area contributed by atoms with Crippen LogP contribution in [0.4, 0.5) is 10.8 Å². The first kappa shape index (κ1) is 12.1. The van der Waals surface area contributed by atoms with Crippen LogP contribution in [0.25, 0.3) is 0 Å². The zero-order valence-electron chi connectivity index (χ0n) is 9.09. The number of anilines is 2. The van der Waals surface area contributed by atoms with Gasteiger partial charge in [0.25, 0.3) is 0 Å².